The number of halogens is 2. The number of nitrogen functional groups attached to an aromatic ring is 1. The first-order valence-corrected chi connectivity index (χ1v) is 6.38. The summed E-state index contributed by atoms with van der Waals surface area (Å²) in [5, 5.41) is 8.33. The standard InChI is InChI=1S/C13H9F2N3S/c14-7-3-1-4-8(15)10(7)12-11(13(16)18-17-12)9-5-2-6-19-9/h1-6H,(H3,16,17,18). The first-order valence-electron chi connectivity index (χ1n) is 5.50. The number of hydrogen-bond donors (Lipinski definition) is 2. The fraction of sp³-hybridized carbons (Fsp3) is 0. The molecule has 0 spiro atoms. The molecule has 0 unspecified atom stereocenters. The van der Waals surface area contributed by atoms with Crippen molar-refractivity contribution in [2.24, 2.45) is 0 Å². The molecule has 0 aliphatic carbocycles. The molecule has 0 radical (unpaired) electrons. The van der Waals surface area contributed by atoms with Crippen LogP contribution < -0.4 is 5.73 Å². The van der Waals surface area contributed by atoms with Crippen LogP contribution in [0.25, 0.3) is 21.7 Å². The maximum absolute atomic E-state index is 13.8. The zero-order valence-electron chi connectivity index (χ0n) is 9.65. The third kappa shape index (κ3) is 1.90. The van der Waals surface area contributed by atoms with E-state index >= 15 is 0 Å². The van der Waals surface area contributed by atoms with Gasteiger partial charge >= 0.3 is 0 Å². The highest BCUT2D eigenvalue weighted by Crippen LogP contribution is 2.38. The first-order chi connectivity index (χ1) is 9.18. The number of anilines is 1. The summed E-state index contributed by atoms with van der Waals surface area (Å²) in [4.78, 5) is 0.809. The van der Waals surface area contributed by atoms with Crippen molar-refractivity contribution in [1.82, 2.24) is 10.2 Å². The van der Waals surface area contributed by atoms with Gasteiger partial charge in [0.15, 0.2) is 5.82 Å². The van der Waals surface area contributed by atoms with Crippen LogP contribution in [0.3, 0.4) is 0 Å². The van der Waals surface area contributed by atoms with Crippen molar-refractivity contribution >= 4 is 17.2 Å². The smallest absolute Gasteiger partial charge is 0.154 e. The van der Waals surface area contributed by atoms with Gasteiger partial charge in [0, 0.05) is 4.88 Å². The van der Waals surface area contributed by atoms with Crippen LogP contribution in [-0.2, 0) is 0 Å². The molecule has 0 saturated carbocycles. The maximum atomic E-state index is 13.8. The SMILES string of the molecule is Nc1n[nH]c(-c2c(F)cccc2F)c1-c1cccs1. The van der Waals surface area contributed by atoms with E-state index in [-0.39, 0.29) is 17.1 Å². The third-order valence-corrected chi connectivity index (χ3v) is 3.66. The topological polar surface area (TPSA) is 54.7 Å². The van der Waals surface area contributed by atoms with Gasteiger partial charge in [0.2, 0.25) is 0 Å². The summed E-state index contributed by atoms with van der Waals surface area (Å²) >= 11 is 1.43. The lowest BCUT2D eigenvalue weighted by molar-refractivity contribution is 0.588. The van der Waals surface area contributed by atoms with Crippen molar-refractivity contribution in [3.05, 3.63) is 47.3 Å². The van der Waals surface area contributed by atoms with Gasteiger partial charge in [0.1, 0.15) is 11.6 Å². The van der Waals surface area contributed by atoms with E-state index in [4.69, 9.17) is 5.73 Å². The number of benzene rings is 1. The number of hydrogen-bond acceptors (Lipinski definition) is 3. The van der Waals surface area contributed by atoms with Gasteiger partial charge in [-0.05, 0) is 23.6 Å². The summed E-state index contributed by atoms with van der Waals surface area (Å²) in [6, 6.07) is 7.39. The number of nitrogens with two attached hydrogens (primary N) is 1. The number of nitrogens with one attached hydrogen (secondary N) is 1. The molecule has 0 bridgehead atoms. The fourth-order valence-electron chi connectivity index (χ4n) is 1.94. The minimum absolute atomic E-state index is 0.143. The van der Waals surface area contributed by atoms with E-state index in [0.29, 0.717) is 5.56 Å². The number of aromatic nitrogens is 2. The number of aromatic amines is 1. The van der Waals surface area contributed by atoms with Gasteiger partial charge in [-0.15, -0.1) is 11.3 Å². The summed E-state index contributed by atoms with van der Waals surface area (Å²) in [6.07, 6.45) is 0. The van der Waals surface area contributed by atoms with Crippen molar-refractivity contribution in [3.63, 3.8) is 0 Å². The van der Waals surface area contributed by atoms with Crippen LogP contribution in [0.1, 0.15) is 0 Å². The second-order valence-corrected chi connectivity index (χ2v) is 4.88. The molecule has 3 rings (SSSR count). The van der Waals surface area contributed by atoms with Gasteiger partial charge in [0.25, 0.3) is 0 Å². The molecule has 3 aromatic rings. The normalized spacial score (nSPS) is 10.8. The summed E-state index contributed by atoms with van der Waals surface area (Å²) in [5.74, 6) is -1.08. The quantitative estimate of drug-likeness (QED) is 0.751. The Hall–Kier alpha value is -2.21. The Bertz CT molecular complexity index is 699. The predicted molar refractivity (Wildman–Crippen MR) is 71.7 cm³/mol. The maximum Gasteiger partial charge on any atom is 0.154 e. The number of nitrogens with zero attached hydrogens (tertiary/aromatic N) is 1. The number of rotatable bonds is 2. The molecule has 96 valence electrons. The van der Waals surface area contributed by atoms with E-state index < -0.39 is 11.6 Å². The Kier molecular flexibility index (Phi) is 2.79. The Morgan fingerprint density at radius 3 is 2.42 bits per heavy atom. The minimum atomic E-state index is -0.651. The van der Waals surface area contributed by atoms with Crippen molar-refractivity contribution < 1.29 is 8.78 Å². The monoisotopic (exact) mass is 277 g/mol. The van der Waals surface area contributed by atoms with E-state index in [2.05, 4.69) is 10.2 Å². The van der Waals surface area contributed by atoms with Crippen molar-refractivity contribution in [2.45, 2.75) is 0 Å². The van der Waals surface area contributed by atoms with E-state index in [9.17, 15) is 8.78 Å². The Morgan fingerprint density at radius 1 is 1.05 bits per heavy atom. The van der Waals surface area contributed by atoms with Gasteiger partial charge in [0.05, 0.1) is 16.8 Å². The molecule has 0 amide bonds. The lowest BCUT2D eigenvalue weighted by atomic mass is 10.1. The first kappa shape index (κ1) is 11.9. The largest absolute Gasteiger partial charge is 0.382 e. The van der Waals surface area contributed by atoms with Gasteiger partial charge < -0.3 is 5.73 Å². The Balaban J connectivity index is 2.28. The molecule has 2 heterocycles. The van der Waals surface area contributed by atoms with E-state index in [1.54, 1.807) is 0 Å². The summed E-state index contributed by atoms with van der Waals surface area (Å²) in [5.41, 5.74) is 6.43. The Morgan fingerprint density at radius 2 is 1.79 bits per heavy atom. The van der Waals surface area contributed by atoms with Crippen molar-refractivity contribution in [1.29, 1.82) is 0 Å². The fourth-order valence-corrected chi connectivity index (χ4v) is 2.73. The average molecular weight is 277 g/mol. The lowest BCUT2D eigenvalue weighted by Crippen LogP contribution is -1.92. The number of H-pyrrole nitrogens is 1. The zero-order chi connectivity index (χ0) is 13.4. The van der Waals surface area contributed by atoms with Crippen LogP contribution in [0.4, 0.5) is 14.6 Å². The van der Waals surface area contributed by atoms with Crippen molar-refractivity contribution in [2.75, 3.05) is 5.73 Å². The highest BCUT2D eigenvalue weighted by atomic mass is 32.1. The van der Waals surface area contributed by atoms with E-state index in [1.807, 2.05) is 17.5 Å². The van der Waals surface area contributed by atoms with Crippen LogP contribution in [0, 0.1) is 11.6 Å². The van der Waals surface area contributed by atoms with Gasteiger partial charge in [-0.1, -0.05) is 12.1 Å². The molecule has 3 nitrogen and oxygen atoms in total. The molecule has 19 heavy (non-hydrogen) atoms. The minimum Gasteiger partial charge on any atom is -0.382 e. The Labute approximate surface area is 111 Å². The summed E-state index contributed by atoms with van der Waals surface area (Å²) < 4.78 is 27.7. The van der Waals surface area contributed by atoms with Crippen molar-refractivity contribution in [3.8, 4) is 21.7 Å². The summed E-state index contributed by atoms with van der Waals surface area (Å²) in [7, 11) is 0. The van der Waals surface area contributed by atoms with Gasteiger partial charge in [-0.2, -0.15) is 5.10 Å². The van der Waals surface area contributed by atoms with Crippen LogP contribution in [-0.4, -0.2) is 10.2 Å². The van der Waals surface area contributed by atoms with Crippen LogP contribution in [0.5, 0.6) is 0 Å². The molecule has 0 fully saturated rings. The highest BCUT2D eigenvalue weighted by molar-refractivity contribution is 7.13. The third-order valence-electron chi connectivity index (χ3n) is 2.77. The molecular formula is C13H9F2N3S. The van der Waals surface area contributed by atoms with E-state index in [1.165, 1.54) is 29.5 Å². The molecule has 0 atom stereocenters. The number of thiophene rings is 1. The molecule has 0 aliphatic heterocycles. The molecular weight excluding hydrogens is 268 g/mol. The summed E-state index contributed by atoms with van der Waals surface area (Å²) in [6.45, 7) is 0. The van der Waals surface area contributed by atoms with Gasteiger partial charge in [-0.3, -0.25) is 5.10 Å². The molecule has 6 heteroatoms. The van der Waals surface area contributed by atoms with Crippen LogP contribution in [0.2, 0.25) is 0 Å². The second kappa shape index (κ2) is 4.47. The lowest BCUT2D eigenvalue weighted by Gasteiger charge is -2.05. The second-order valence-electron chi connectivity index (χ2n) is 3.93. The average Bonchev–Trinajstić information content (AvgIpc) is 2.99. The van der Waals surface area contributed by atoms with Crippen LogP contribution >= 0.6 is 11.3 Å². The van der Waals surface area contributed by atoms with Crippen LogP contribution in [0.15, 0.2) is 35.7 Å². The molecule has 0 aliphatic rings. The molecule has 2 aromatic heterocycles. The predicted octanol–water partition coefficient (Wildman–Crippen LogP) is 3.67. The molecule has 0 saturated heterocycles. The molecule has 1 aromatic carbocycles. The molecule has 3 N–H and O–H groups in total. The highest BCUT2D eigenvalue weighted by Gasteiger charge is 2.21. The van der Waals surface area contributed by atoms with E-state index in [0.717, 1.165) is 4.88 Å². The van der Waals surface area contributed by atoms with Gasteiger partial charge in [-0.25, -0.2) is 8.78 Å². The zero-order valence-corrected chi connectivity index (χ0v) is 10.5.